The van der Waals surface area contributed by atoms with Crippen LogP contribution in [0.4, 0.5) is 0 Å². The number of pyridine rings is 1. The van der Waals surface area contributed by atoms with E-state index in [1.54, 1.807) is 0 Å². The third kappa shape index (κ3) is 4.29. The standard InChI is InChI=1S/C43H31N/c1-28-22-24-30(25-23-28)33-18-8-20-35-34(33)19-9-21-36(35)42-39-16-5-3-14-37(39)41(38-15-4-6-17-40(38)42)31-12-7-13-32(27-31)43-29(2)11-10-26-44-43/h3-27H,1-2H3. The average Bonchev–Trinajstić information content (AvgIpc) is 3.07. The van der Waals surface area contributed by atoms with E-state index in [2.05, 4.69) is 153 Å². The average molecular weight is 562 g/mol. The highest BCUT2D eigenvalue weighted by Crippen LogP contribution is 2.46. The Morgan fingerprint density at radius 1 is 0.386 bits per heavy atom. The molecule has 1 aromatic heterocycles. The first-order chi connectivity index (χ1) is 21.7. The number of hydrogen-bond acceptors (Lipinski definition) is 1. The summed E-state index contributed by atoms with van der Waals surface area (Å²) < 4.78 is 0. The van der Waals surface area contributed by atoms with E-state index in [0.717, 1.165) is 11.3 Å². The Bertz CT molecular complexity index is 2290. The summed E-state index contributed by atoms with van der Waals surface area (Å²) >= 11 is 0. The van der Waals surface area contributed by atoms with Crippen LogP contribution in [0.15, 0.2) is 152 Å². The Morgan fingerprint density at radius 2 is 0.932 bits per heavy atom. The zero-order valence-electron chi connectivity index (χ0n) is 24.9. The minimum Gasteiger partial charge on any atom is -0.256 e. The summed E-state index contributed by atoms with van der Waals surface area (Å²) in [7, 11) is 0. The normalized spacial score (nSPS) is 11.4. The number of aromatic nitrogens is 1. The second kappa shape index (κ2) is 10.6. The van der Waals surface area contributed by atoms with E-state index in [1.807, 2.05) is 12.3 Å². The molecule has 8 rings (SSSR count). The Morgan fingerprint density at radius 3 is 1.59 bits per heavy atom. The van der Waals surface area contributed by atoms with Crippen molar-refractivity contribution in [3.05, 3.63) is 163 Å². The quantitative estimate of drug-likeness (QED) is 0.195. The molecule has 0 amide bonds. The Balaban J connectivity index is 1.42. The van der Waals surface area contributed by atoms with E-state index in [0.29, 0.717) is 0 Å². The smallest absolute Gasteiger partial charge is 0.0731 e. The van der Waals surface area contributed by atoms with Crippen molar-refractivity contribution in [3.8, 4) is 44.6 Å². The number of fused-ring (bicyclic) bond motifs is 3. The number of rotatable bonds is 4. The van der Waals surface area contributed by atoms with Gasteiger partial charge in [0.05, 0.1) is 5.69 Å². The molecule has 0 bridgehead atoms. The molecule has 7 aromatic carbocycles. The first kappa shape index (κ1) is 26.1. The Hall–Kier alpha value is -5.53. The van der Waals surface area contributed by atoms with Crippen LogP contribution in [0.25, 0.3) is 77.0 Å². The molecule has 0 unspecified atom stereocenters. The van der Waals surface area contributed by atoms with Crippen molar-refractivity contribution in [1.29, 1.82) is 0 Å². The van der Waals surface area contributed by atoms with Gasteiger partial charge in [-0.2, -0.15) is 0 Å². The minimum absolute atomic E-state index is 1.03. The largest absolute Gasteiger partial charge is 0.256 e. The SMILES string of the molecule is Cc1ccc(-c2cccc3c(-c4c5ccccc5c(-c5cccc(-c6ncccc6C)c5)c5ccccc45)cccc23)cc1. The van der Waals surface area contributed by atoms with Gasteiger partial charge in [0.15, 0.2) is 0 Å². The third-order valence-electron chi connectivity index (χ3n) is 8.92. The minimum atomic E-state index is 1.03. The highest BCUT2D eigenvalue weighted by Gasteiger charge is 2.19. The summed E-state index contributed by atoms with van der Waals surface area (Å²) in [5, 5.41) is 7.55. The van der Waals surface area contributed by atoms with Crippen molar-refractivity contribution < 1.29 is 0 Å². The highest BCUT2D eigenvalue weighted by molar-refractivity contribution is 6.24. The van der Waals surface area contributed by atoms with Gasteiger partial charge in [-0.25, -0.2) is 0 Å². The molecule has 0 radical (unpaired) electrons. The van der Waals surface area contributed by atoms with Gasteiger partial charge in [0, 0.05) is 11.8 Å². The van der Waals surface area contributed by atoms with Crippen LogP contribution in [0.1, 0.15) is 11.1 Å². The lowest BCUT2D eigenvalue weighted by Crippen LogP contribution is -1.93. The molecule has 0 spiro atoms. The van der Waals surface area contributed by atoms with Crippen LogP contribution in [0.3, 0.4) is 0 Å². The lowest BCUT2D eigenvalue weighted by molar-refractivity contribution is 1.27. The molecule has 208 valence electrons. The lowest BCUT2D eigenvalue weighted by Gasteiger charge is -2.19. The van der Waals surface area contributed by atoms with Gasteiger partial charge in [-0.3, -0.25) is 4.98 Å². The van der Waals surface area contributed by atoms with E-state index >= 15 is 0 Å². The van der Waals surface area contributed by atoms with Gasteiger partial charge in [0.2, 0.25) is 0 Å². The van der Waals surface area contributed by atoms with Crippen molar-refractivity contribution in [2.75, 3.05) is 0 Å². The summed E-state index contributed by atoms with van der Waals surface area (Å²) in [6, 6.07) is 53.1. The van der Waals surface area contributed by atoms with Gasteiger partial charge in [0.1, 0.15) is 0 Å². The predicted molar refractivity (Wildman–Crippen MR) is 188 cm³/mol. The summed E-state index contributed by atoms with van der Waals surface area (Å²) in [6.07, 6.45) is 1.88. The Labute approximate surface area is 258 Å². The summed E-state index contributed by atoms with van der Waals surface area (Å²) in [4.78, 5) is 4.72. The van der Waals surface area contributed by atoms with Crippen LogP contribution >= 0.6 is 0 Å². The summed E-state index contributed by atoms with van der Waals surface area (Å²) in [5.41, 5.74) is 12.1. The van der Waals surface area contributed by atoms with Gasteiger partial charge in [-0.1, -0.05) is 139 Å². The van der Waals surface area contributed by atoms with E-state index < -0.39 is 0 Å². The van der Waals surface area contributed by atoms with Crippen molar-refractivity contribution >= 4 is 32.3 Å². The van der Waals surface area contributed by atoms with E-state index in [-0.39, 0.29) is 0 Å². The van der Waals surface area contributed by atoms with Crippen LogP contribution < -0.4 is 0 Å². The second-order valence-electron chi connectivity index (χ2n) is 11.7. The first-order valence-corrected chi connectivity index (χ1v) is 15.2. The maximum absolute atomic E-state index is 4.72. The zero-order chi connectivity index (χ0) is 29.6. The van der Waals surface area contributed by atoms with Crippen LogP contribution in [-0.2, 0) is 0 Å². The number of hydrogen-bond donors (Lipinski definition) is 0. The molecule has 44 heavy (non-hydrogen) atoms. The van der Waals surface area contributed by atoms with Crippen LogP contribution in [0.2, 0.25) is 0 Å². The molecule has 0 N–H and O–H groups in total. The van der Waals surface area contributed by atoms with E-state index in [9.17, 15) is 0 Å². The molecular weight excluding hydrogens is 530 g/mol. The molecule has 0 aliphatic rings. The molecule has 1 heterocycles. The van der Waals surface area contributed by atoms with Crippen molar-refractivity contribution in [2.24, 2.45) is 0 Å². The number of benzene rings is 7. The van der Waals surface area contributed by atoms with Gasteiger partial charge in [-0.05, 0) is 97.2 Å². The lowest BCUT2D eigenvalue weighted by atomic mass is 9.84. The molecule has 0 aliphatic carbocycles. The summed E-state index contributed by atoms with van der Waals surface area (Å²) in [5.74, 6) is 0. The van der Waals surface area contributed by atoms with Gasteiger partial charge < -0.3 is 0 Å². The first-order valence-electron chi connectivity index (χ1n) is 15.2. The molecule has 8 aromatic rings. The van der Waals surface area contributed by atoms with E-state index in [1.165, 1.54) is 76.8 Å². The zero-order valence-corrected chi connectivity index (χ0v) is 24.9. The third-order valence-corrected chi connectivity index (χ3v) is 8.92. The molecule has 0 fully saturated rings. The number of nitrogens with zero attached hydrogens (tertiary/aromatic N) is 1. The Kier molecular flexibility index (Phi) is 6.31. The van der Waals surface area contributed by atoms with Crippen molar-refractivity contribution in [3.63, 3.8) is 0 Å². The highest BCUT2D eigenvalue weighted by atomic mass is 14.7. The van der Waals surface area contributed by atoms with E-state index in [4.69, 9.17) is 4.98 Å². The van der Waals surface area contributed by atoms with Gasteiger partial charge >= 0.3 is 0 Å². The molecule has 0 aliphatic heterocycles. The van der Waals surface area contributed by atoms with Gasteiger partial charge in [-0.15, -0.1) is 0 Å². The van der Waals surface area contributed by atoms with Crippen molar-refractivity contribution in [2.45, 2.75) is 13.8 Å². The molecular formula is C43H31N. The number of aryl methyl sites for hydroxylation is 2. The molecule has 0 atom stereocenters. The van der Waals surface area contributed by atoms with Crippen LogP contribution in [0.5, 0.6) is 0 Å². The second-order valence-corrected chi connectivity index (χ2v) is 11.7. The van der Waals surface area contributed by atoms with Crippen LogP contribution in [-0.4, -0.2) is 4.98 Å². The fourth-order valence-electron chi connectivity index (χ4n) is 6.85. The summed E-state index contributed by atoms with van der Waals surface area (Å²) in [6.45, 7) is 4.27. The molecule has 1 heteroatoms. The topological polar surface area (TPSA) is 12.9 Å². The molecule has 0 saturated heterocycles. The monoisotopic (exact) mass is 561 g/mol. The molecule has 0 saturated carbocycles. The fraction of sp³-hybridized carbons (Fsp3) is 0.0465. The fourth-order valence-corrected chi connectivity index (χ4v) is 6.85. The predicted octanol–water partition coefficient (Wildman–Crippen LogP) is 11.8. The van der Waals surface area contributed by atoms with Crippen LogP contribution in [0, 0.1) is 13.8 Å². The van der Waals surface area contributed by atoms with Gasteiger partial charge in [0.25, 0.3) is 0 Å². The van der Waals surface area contributed by atoms with Crippen molar-refractivity contribution in [1.82, 2.24) is 4.98 Å². The maximum Gasteiger partial charge on any atom is 0.0731 e. The maximum atomic E-state index is 4.72. The molecule has 1 nitrogen and oxygen atoms in total.